The Bertz CT molecular complexity index is 1080. The van der Waals surface area contributed by atoms with Crippen LogP contribution < -0.4 is 21.5 Å². The highest BCUT2D eigenvalue weighted by Gasteiger charge is 2.32. The van der Waals surface area contributed by atoms with Crippen molar-refractivity contribution >= 4 is 11.7 Å². The van der Waals surface area contributed by atoms with Crippen LogP contribution in [0.25, 0.3) is 0 Å². The number of hydrogen-bond acceptors (Lipinski definition) is 5. The second kappa shape index (κ2) is 7.38. The zero-order valence-electron chi connectivity index (χ0n) is 16.5. The lowest BCUT2D eigenvalue weighted by atomic mass is 9.98. The Labute approximate surface area is 162 Å². The first-order chi connectivity index (χ1) is 13.3. The highest BCUT2D eigenvalue weighted by atomic mass is 16.2. The number of carbonyl (C=O) groups excluding carboxylic acids is 1. The zero-order chi connectivity index (χ0) is 20.6. The number of rotatable bonds is 3. The summed E-state index contributed by atoms with van der Waals surface area (Å²) in [6, 6.07) is 5.48. The summed E-state index contributed by atoms with van der Waals surface area (Å²) in [5.74, 6) is 0.151. The van der Waals surface area contributed by atoms with E-state index >= 15 is 0 Å². The third kappa shape index (κ3) is 2.91. The number of anilines is 1. The van der Waals surface area contributed by atoms with Crippen LogP contribution in [-0.2, 0) is 21.1 Å². The molecule has 9 nitrogen and oxygen atoms in total. The first-order valence-electron chi connectivity index (χ1n) is 9.17. The molecule has 2 aromatic heterocycles. The fraction of sp³-hybridized carbons (Fsp3) is 0.474. The Morgan fingerprint density at radius 1 is 1.14 bits per heavy atom. The van der Waals surface area contributed by atoms with Gasteiger partial charge in [-0.05, 0) is 31.4 Å². The van der Waals surface area contributed by atoms with E-state index in [0.29, 0.717) is 18.1 Å². The van der Waals surface area contributed by atoms with Gasteiger partial charge in [-0.1, -0.05) is 0 Å². The van der Waals surface area contributed by atoms with Crippen molar-refractivity contribution < 1.29 is 4.79 Å². The minimum absolute atomic E-state index is 0.0442. The number of piperidine rings is 1. The number of nitrogens with zero attached hydrogens (tertiary/aromatic N) is 5. The SMILES string of the molecule is CNC(=O)c1ccc([C@@H]2CCCCN2c2c(C#N)c(=O)n(C)c(=O)n2C)n1C. The molecular formula is C19H24N6O3. The van der Waals surface area contributed by atoms with Gasteiger partial charge < -0.3 is 14.8 Å². The minimum Gasteiger partial charge on any atom is -0.354 e. The Kier molecular flexibility index (Phi) is 5.14. The maximum atomic E-state index is 12.5. The average Bonchev–Trinajstić information content (AvgIpc) is 3.09. The standard InChI is InChI=1S/C19H24N6O3/c1-21-16(26)15-9-8-13(22(15)2)14-7-5-6-10-25(14)17-12(11-20)18(27)24(4)19(28)23(17)3/h8-9,14H,5-7,10H2,1-4H3,(H,21,26)/t14-/m0/s1. The number of carbonyl (C=O) groups is 1. The largest absolute Gasteiger partial charge is 0.354 e. The van der Waals surface area contributed by atoms with Gasteiger partial charge in [-0.3, -0.25) is 18.7 Å². The van der Waals surface area contributed by atoms with Crippen molar-refractivity contribution in [1.29, 1.82) is 5.26 Å². The second-order valence-electron chi connectivity index (χ2n) is 7.00. The smallest absolute Gasteiger partial charge is 0.332 e. The van der Waals surface area contributed by atoms with E-state index in [9.17, 15) is 19.6 Å². The van der Waals surface area contributed by atoms with Gasteiger partial charge in [0.15, 0.2) is 5.56 Å². The van der Waals surface area contributed by atoms with E-state index in [0.717, 1.165) is 29.5 Å². The second-order valence-corrected chi connectivity index (χ2v) is 7.00. The molecule has 0 bridgehead atoms. The maximum absolute atomic E-state index is 12.5. The molecule has 3 heterocycles. The molecule has 1 aliphatic heterocycles. The normalized spacial score (nSPS) is 16.7. The van der Waals surface area contributed by atoms with Crippen LogP contribution in [0.1, 0.15) is 47.1 Å². The van der Waals surface area contributed by atoms with E-state index < -0.39 is 11.2 Å². The van der Waals surface area contributed by atoms with Crippen molar-refractivity contribution in [3.05, 3.63) is 49.9 Å². The summed E-state index contributed by atoms with van der Waals surface area (Å²) >= 11 is 0. The van der Waals surface area contributed by atoms with Gasteiger partial charge in [0, 0.05) is 40.4 Å². The molecule has 9 heteroatoms. The van der Waals surface area contributed by atoms with Crippen LogP contribution in [0.2, 0.25) is 0 Å². The van der Waals surface area contributed by atoms with E-state index in [1.807, 2.05) is 28.7 Å². The number of aromatic nitrogens is 3. The van der Waals surface area contributed by atoms with Crippen LogP contribution in [-0.4, -0.2) is 33.2 Å². The van der Waals surface area contributed by atoms with Gasteiger partial charge in [0.05, 0.1) is 6.04 Å². The lowest BCUT2D eigenvalue weighted by Crippen LogP contribution is -2.45. The predicted octanol–water partition coefficient (Wildman–Crippen LogP) is 0.385. The Morgan fingerprint density at radius 2 is 1.86 bits per heavy atom. The van der Waals surface area contributed by atoms with Crippen LogP contribution in [0.5, 0.6) is 0 Å². The summed E-state index contributed by atoms with van der Waals surface area (Å²) < 4.78 is 4.14. The lowest BCUT2D eigenvalue weighted by Gasteiger charge is -2.38. The molecular weight excluding hydrogens is 360 g/mol. The molecule has 3 rings (SSSR count). The van der Waals surface area contributed by atoms with Gasteiger partial charge in [-0.15, -0.1) is 0 Å². The highest BCUT2D eigenvalue weighted by Crippen LogP contribution is 2.35. The number of nitrogens with one attached hydrogen (secondary N) is 1. The van der Waals surface area contributed by atoms with Crippen molar-refractivity contribution in [3.63, 3.8) is 0 Å². The fourth-order valence-electron chi connectivity index (χ4n) is 3.98. The van der Waals surface area contributed by atoms with E-state index in [-0.39, 0.29) is 17.5 Å². The molecule has 2 aromatic rings. The summed E-state index contributed by atoms with van der Waals surface area (Å²) in [5.41, 5.74) is 0.318. The van der Waals surface area contributed by atoms with Gasteiger partial charge in [0.2, 0.25) is 0 Å². The van der Waals surface area contributed by atoms with Crippen molar-refractivity contribution in [1.82, 2.24) is 19.0 Å². The van der Waals surface area contributed by atoms with Crippen molar-refractivity contribution in [2.75, 3.05) is 18.5 Å². The third-order valence-electron chi connectivity index (χ3n) is 5.48. The molecule has 1 N–H and O–H groups in total. The fourth-order valence-corrected chi connectivity index (χ4v) is 3.98. The van der Waals surface area contributed by atoms with Crippen LogP contribution in [0.15, 0.2) is 21.7 Å². The molecule has 1 saturated heterocycles. The molecule has 1 fully saturated rings. The van der Waals surface area contributed by atoms with Crippen molar-refractivity contribution in [2.45, 2.75) is 25.3 Å². The third-order valence-corrected chi connectivity index (χ3v) is 5.48. The minimum atomic E-state index is -0.595. The van der Waals surface area contributed by atoms with E-state index in [2.05, 4.69) is 5.32 Å². The summed E-state index contributed by atoms with van der Waals surface area (Å²) in [6.45, 7) is 0.611. The first kappa shape index (κ1) is 19.5. The van der Waals surface area contributed by atoms with Gasteiger partial charge in [-0.2, -0.15) is 5.26 Å². The summed E-state index contributed by atoms with van der Waals surface area (Å²) in [5, 5.41) is 12.3. The van der Waals surface area contributed by atoms with E-state index in [1.165, 1.54) is 11.6 Å². The Balaban J connectivity index is 2.19. The van der Waals surface area contributed by atoms with Gasteiger partial charge >= 0.3 is 5.69 Å². The topological polar surface area (TPSA) is 105 Å². The molecule has 1 amide bonds. The lowest BCUT2D eigenvalue weighted by molar-refractivity contribution is 0.0954. The quantitative estimate of drug-likeness (QED) is 0.824. The maximum Gasteiger partial charge on any atom is 0.332 e. The van der Waals surface area contributed by atoms with Crippen molar-refractivity contribution in [3.8, 4) is 6.07 Å². The van der Waals surface area contributed by atoms with Crippen LogP contribution in [0.3, 0.4) is 0 Å². The molecule has 0 saturated carbocycles. The number of hydrogen-bond donors (Lipinski definition) is 1. The molecule has 1 aliphatic rings. The summed E-state index contributed by atoms with van der Waals surface area (Å²) in [4.78, 5) is 39.1. The van der Waals surface area contributed by atoms with Crippen LogP contribution in [0.4, 0.5) is 5.82 Å². The van der Waals surface area contributed by atoms with E-state index in [1.54, 1.807) is 20.2 Å². The molecule has 0 spiro atoms. The van der Waals surface area contributed by atoms with Gasteiger partial charge in [0.1, 0.15) is 17.6 Å². The van der Waals surface area contributed by atoms with Gasteiger partial charge in [-0.25, -0.2) is 4.79 Å². The Morgan fingerprint density at radius 3 is 2.50 bits per heavy atom. The summed E-state index contributed by atoms with van der Waals surface area (Å²) in [6.07, 6.45) is 2.65. The first-order valence-corrected chi connectivity index (χ1v) is 9.17. The molecule has 28 heavy (non-hydrogen) atoms. The number of nitriles is 1. The molecule has 0 radical (unpaired) electrons. The monoisotopic (exact) mass is 384 g/mol. The van der Waals surface area contributed by atoms with E-state index in [4.69, 9.17) is 0 Å². The molecule has 148 valence electrons. The zero-order valence-corrected chi connectivity index (χ0v) is 16.5. The Hall–Kier alpha value is -3.28. The molecule has 0 aromatic carbocycles. The molecule has 0 aliphatic carbocycles. The van der Waals surface area contributed by atoms with Crippen LogP contribution in [0, 0.1) is 11.3 Å². The summed E-state index contributed by atoms with van der Waals surface area (Å²) in [7, 11) is 6.35. The molecule has 1 atom stereocenters. The van der Waals surface area contributed by atoms with Crippen molar-refractivity contribution in [2.24, 2.45) is 21.1 Å². The molecule has 0 unspecified atom stereocenters. The predicted molar refractivity (Wildman–Crippen MR) is 104 cm³/mol. The van der Waals surface area contributed by atoms with Crippen LogP contribution >= 0.6 is 0 Å². The highest BCUT2D eigenvalue weighted by molar-refractivity contribution is 5.92. The van der Waals surface area contributed by atoms with Gasteiger partial charge in [0.25, 0.3) is 11.5 Å². The average molecular weight is 384 g/mol. The number of amides is 1.